The van der Waals surface area contributed by atoms with E-state index in [2.05, 4.69) is 5.32 Å². The maximum absolute atomic E-state index is 10.8. The van der Waals surface area contributed by atoms with E-state index in [0.29, 0.717) is 25.3 Å². The molecule has 6 nitrogen and oxygen atoms in total. The molecule has 0 atom stereocenters. The quantitative estimate of drug-likeness (QED) is 0.662. The average Bonchev–Trinajstić information content (AvgIpc) is 2.46. The second kappa shape index (κ2) is 6.19. The first-order valence-electron chi connectivity index (χ1n) is 6.68. The molecule has 1 aliphatic rings. The fourth-order valence-electron chi connectivity index (χ4n) is 2.43. The smallest absolute Gasteiger partial charge is 0.272 e. The lowest BCUT2D eigenvalue weighted by Crippen LogP contribution is -2.44. The Morgan fingerprint density at radius 1 is 1.45 bits per heavy atom. The predicted octanol–water partition coefficient (Wildman–Crippen LogP) is 2.51. The summed E-state index contributed by atoms with van der Waals surface area (Å²) in [6, 6.07) is 5.05. The normalized spacial score (nSPS) is 17.7. The van der Waals surface area contributed by atoms with Gasteiger partial charge in [0, 0.05) is 57.0 Å². The number of benzene rings is 1. The number of ether oxygens (including phenoxy) is 2. The molecule has 1 saturated heterocycles. The molecule has 20 heavy (non-hydrogen) atoms. The van der Waals surface area contributed by atoms with Gasteiger partial charge in [-0.05, 0) is 19.1 Å². The highest BCUT2D eigenvalue weighted by Crippen LogP contribution is 2.26. The number of hydrogen-bond acceptors (Lipinski definition) is 5. The zero-order valence-electron chi connectivity index (χ0n) is 11.8. The van der Waals surface area contributed by atoms with Crippen LogP contribution in [0.15, 0.2) is 18.2 Å². The molecule has 2 rings (SSSR count). The molecule has 1 N–H and O–H groups in total. The van der Waals surface area contributed by atoms with Crippen molar-refractivity contribution in [3.63, 3.8) is 0 Å². The van der Waals surface area contributed by atoms with E-state index in [4.69, 9.17) is 9.47 Å². The third kappa shape index (κ3) is 3.26. The Kier molecular flexibility index (Phi) is 4.57. The Bertz CT molecular complexity index is 484. The predicted molar refractivity (Wildman–Crippen MR) is 76.1 cm³/mol. The number of rotatable bonds is 5. The summed E-state index contributed by atoms with van der Waals surface area (Å²) in [6.07, 6.45) is 1.70. The zero-order chi connectivity index (χ0) is 14.6. The van der Waals surface area contributed by atoms with E-state index < -0.39 is 0 Å². The molecule has 0 spiro atoms. The number of nitrogens with one attached hydrogen (secondary N) is 1. The summed E-state index contributed by atoms with van der Waals surface area (Å²) in [4.78, 5) is 10.4. The van der Waals surface area contributed by atoms with Crippen molar-refractivity contribution in [2.24, 2.45) is 0 Å². The standard InChI is InChI=1S/C14H20N2O4/c1-11-9-12(3-4-13(11)16(17)18)15-10-14(19-2)5-7-20-8-6-14/h3-4,9,15H,5-8,10H2,1-2H3. The number of nitro groups is 1. The molecule has 0 unspecified atom stereocenters. The van der Waals surface area contributed by atoms with Crippen LogP contribution in [-0.2, 0) is 9.47 Å². The first kappa shape index (κ1) is 14.7. The Morgan fingerprint density at radius 3 is 2.70 bits per heavy atom. The van der Waals surface area contributed by atoms with Crippen LogP contribution in [-0.4, -0.2) is 37.4 Å². The number of nitrogens with zero attached hydrogens (tertiary/aromatic N) is 1. The minimum Gasteiger partial charge on any atom is -0.382 e. The fourth-order valence-corrected chi connectivity index (χ4v) is 2.43. The van der Waals surface area contributed by atoms with Gasteiger partial charge >= 0.3 is 0 Å². The Balaban J connectivity index is 2.03. The van der Waals surface area contributed by atoms with Crippen molar-refractivity contribution in [3.8, 4) is 0 Å². The van der Waals surface area contributed by atoms with Gasteiger partial charge in [-0.15, -0.1) is 0 Å². The third-order valence-electron chi connectivity index (χ3n) is 3.85. The number of methoxy groups -OCH3 is 1. The van der Waals surface area contributed by atoms with Crippen molar-refractivity contribution in [2.45, 2.75) is 25.4 Å². The summed E-state index contributed by atoms with van der Waals surface area (Å²) in [5, 5.41) is 14.1. The summed E-state index contributed by atoms with van der Waals surface area (Å²) < 4.78 is 11.0. The van der Waals surface area contributed by atoms with Crippen LogP contribution in [0.4, 0.5) is 11.4 Å². The van der Waals surface area contributed by atoms with E-state index in [-0.39, 0.29) is 16.2 Å². The first-order chi connectivity index (χ1) is 9.56. The van der Waals surface area contributed by atoms with Crippen LogP contribution in [0.1, 0.15) is 18.4 Å². The van der Waals surface area contributed by atoms with Gasteiger partial charge in [0.25, 0.3) is 5.69 Å². The van der Waals surface area contributed by atoms with Crippen LogP contribution in [0.2, 0.25) is 0 Å². The second-order valence-electron chi connectivity index (χ2n) is 5.11. The van der Waals surface area contributed by atoms with Gasteiger partial charge in [0.2, 0.25) is 0 Å². The third-order valence-corrected chi connectivity index (χ3v) is 3.85. The van der Waals surface area contributed by atoms with Crippen LogP contribution in [0.25, 0.3) is 0 Å². The molecular weight excluding hydrogens is 260 g/mol. The maximum atomic E-state index is 10.8. The largest absolute Gasteiger partial charge is 0.382 e. The van der Waals surface area contributed by atoms with Crippen molar-refractivity contribution in [1.82, 2.24) is 0 Å². The van der Waals surface area contributed by atoms with Gasteiger partial charge in [-0.25, -0.2) is 0 Å². The SMILES string of the molecule is COC1(CNc2ccc([N+](=O)[O-])c(C)c2)CCOCC1. The Labute approximate surface area is 118 Å². The average molecular weight is 280 g/mol. The lowest BCUT2D eigenvalue weighted by molar-refractivity contribution is -0.385. The summed E-state index contributed by atoms with van der Waals surface area (Å²) >= 11 is 0. The summed E-state index contributed by atoms with van der Waals surface area (Å²) in [5.74, 6) is 0. The topological polar surface area (TPSA) is 73.6 Å². The van der Waals surface area contributed by atoms with Gasteiger partial charge < -0.3 is 14.8 Å². The Morgan fingerprint density at radius 2 is 2.15 bits per heavy atom. The van der Waals surface area contributed by atoms with Gasteiger partial charge in [-0.3, -0.25) is 10.1 Å². The first-order valence-corrected chi connectivity index (χ1v) is 6.68. The van der Waals surface area contributed by atoms with Gasteiger partial charge in [-0.2, -0.15) is 0 Å². The van der Waals surface area contributed by atoms with E-state index in [1.807, 2.05) is 0 Å². The minimum absolute atomic E-state index is 0.142. The monoisotopic (exact) mass is 280 g/mol. The van der Waals surface area contributed by atoms with Crippen LogP contribution in [0.5, 0.6) is 0 Å². The molecule has 0 amide bonds. The van der Waals surface area contributed by atoms with E-state index >= 15 is 0 Å². The summed E-state index contributed by atoms with van der Waals surface area (Å²) in [5.41, 5.74) is 1.45. The molecule has 1 heterocycles. The molecule has 1 aromatic carbocycles. The molecular formula is C14H20N2O4. The highest BCUT2D eigenvalue weighted by molar-refractivity contribution is 5.53. The summed E-state index contributed by atoms with van der Waals surface area (Å²) in [6.45, 7) is 3.82. The van der Waals surface area contributed by atoms with Gasteiger partial charge in [0.05, 0.1) is 10.5 Å². The highest BCUT2D eigenvalue weighted by atomic mass is 16.6. The second-order valence-corrected chi connectivity index (χ2v) is 5.11. The molecule has 0 aliphatic carbocycles. The number of nitro benzene ring substituents is 1. The van der Waals surface area contributed by atoms with Crippen LogP contribution in [0.3, 0.4) is 0 Å². The molecule has 0 bridgehead atoms. The summed E-state index contributed by atoms with van der Waals surface area (Å²) in [7, 11) is 1.72. The number of anilines is 1. The van der Waals surface area contributed by atoms with Crippen molar-refractivity contribution < 1.29 is 14.4 Å². The van der Waals surface area contributed by atoms with E-state index in [0.717, 1.165) is 18.5 Å². The van der Waals surface area contributed by atoms with Gasteiger partial charge in [-0.1, -0.05) is 0 Å². The van der Waals surface area contributed by atoms with Crippen molar-refractivity contribution in [3.05, 3.63) is 33.9 Å². The number of hydrogen-bond donors (Lipinski definition) is 1. The molecule has 110 valence electrons. The van der Waals surface area contributed by atoms with Crippen molar-refractivity contribution in [1.29, 1.82) is 0 Å². The molecule has 1 aliphatic heterocycles. The Hall–Kier alpha value is -1.66. The van der Waals surface area contributed by atoms with Crippen molar-refractivity contribution in [2.75, 3.05) is 32.2 Å². The lowest BCUT2D eigenvalue weighted by Gasteiger charge is -2.36. The van der Waals surface area contributed by atoms with Crippen LogP contribution in [0, 0.1) is 17.0 Å². The van der Waals surface area contributed by atoms with E-state index in [1.165, 1.54) is 6.07 Å². The maximum Gasteiger partial charge on any atom is 0.272 e. The van der Waals surface area contributed by atoms with Gasteiger partial charge in [0.1, 0.15) is 0 Å². The molecule has 1 aromatic rings. The molecule has 0 aromatic heterocycles. The van der Waals surface area contributed by atoms with Crippen LogP contribution < -0.4 is 5.32 Å². The van der Waals surface area contributed by atoms with Crippen LogP contribution >= 0.6 is 0 Å². The highest BCUT2D eigenvalue weighted by Gasteiger charge is 2.32. The van der Waals surface area contributed by atoms with E-state index in [9.17, 15) is 10.1 Å². The number of aryl methyl sites for hydroxylation is 1. The minimum atomic E-state index is -0.367. The van der Waals surface area contributed by atoms with E-state index in [1.54, 1.807) is 26.2 Å². The van der Waals surface area contributed by atoms with Crippen molar-refractivity contribution >= 4 is 11.4 Å². The molecule has 1 fully saturated rings. The lowest BCUT2D eigenvalue weighted by atomic mass is 9.94. The molecule has 6 heteroatoms. The van der Waals surface area contributed by atoms with Gasteiger partial charge in [0.15, 0.2) is 0 Å². The fraction of sp³-hybridized carbons (Fsp3) is 0.571. The molecule has 0 radical (unpaired) electrons. The zero-order valence-corrected chi connectivity index (χ0v) is 11.8. The molecule has 0 saturated carbocycles.